The van der Waals surface area contributed by atoms with Crippen molar-refractivity contribution < 1.29 is 8.91 Å². The number of hydrogen-bond donors (Lipinski definition) is 0. The molecule has 1 atom stereocenters. The molecule has 0 bridgehead atoms. The third-order valence-corrected chi connectivity index (χ3v) is 2.75. The summed E-state index contributed by atoms with van der Waals surface area (Å²) in [6, 6.07) is 6.46. The summed E-state index contributed by atoms with van der Waals surface area (Å²) in [5.74, 6) is 0.114. The molecular weight excluding hydrogens is 301 g/mol. The van der Waals surface area contributed by atoms with Crippen LogP contribution in [0.4, 0.5) is 4.39 Å². The zero-order chi connectivity index (χ0) is 13.1. The Morgan fingerprint density at radius 3 is 2.94 bits per heavy atom. The summed E-state index contributed by atoms with van der Waals surface area (Å²) in [5, 5.41) is 12.5. The molecule has 0 amide bonds. The fourth-order valence-corrected chi connectivity index (χ4v) is 1.91. The standard InChI is InChI=1S/C12H9BrFN3O/c1-7(6-15)2-11-16-12(17-18-11)8-3-9(13)5-10(14)4-8/h3-5,7H,2H2,1H3. The van der Waals surface area contributed by atoms with Gasteiger partial charge in [0, 0.05) is 16.5 Å². The summed E-state index contributed by atoms with van der Waals surface area (Å²) in [6.07, 6.45) is 0.389. The molecule has 0 saturated heterocycles. The van der Waals surface area contributed by atoms with Gasteiger partial charge >= 0.3 is 0 Å². The highest BCUT2D eigenvalue weighted by Gasteiger charge is 2.12. The number of hydrogen-bond acceptors (Lipinski definition) is 4. The van der Waals surface area contributed by atoms with Gasteiger partial charge in [-0.1, -0.05) is 21.1 Å². The number of nitrogens with zero attached hydrogens (tertiary/aromatic N) is 3. The molecule has 2 rings (SSSR count). The van der Waals surface area contributed by atoms with Gasteiger partial charge in [-0.15, -0.1) is 0 Å². The van der Waals surface area contributed by atoms with Gasteiger partial charge in [0.25, 0.3) is 0 Å². The molecule has 1 aromatic carbocycles. The average Bonchev–Trinajstić information content (AvgIpc) is 2.76. The Morgan fingerprint density at radius 1 is 1.50 bits per heavy atom. The molecule has 2 aromatic rings. The smallest absolute Gasteiger partial charge is 0.228 e. The van der Waals surface area contributed by atoms with E-state index in [0.29, 0.717) is 28.2 Å². The Morgan fingerprint density at radius 2 is 2.28 bits per heavy atom. The molecule has 1 aromatic heterocycles. The molecule has 0 N–H and O–H groups in total. The van der Waals surface area contributed by atoms with Crippen LogP contribution in [0.1, 0.15) is 12.8 Å². The predicted molar refractivity (Wildman–Crippen MR) is 65.9 cm³/mol. The van der Waals surface area contributed by atoms with Gasteiger partial charge in [0.2, 0.25) is 11.7 Å². The van der Waals surface area contributed by atoms with Gasteiger partial charge in [0.1, 0.15) is 5.82 Å². The predicted octanol–water partition coefficient (Wildman–Crippen LogP) is 3.34. The van der Waals surface area contributed by atoms with E-state index < -0.39 is 0 Å². The lowest BCUT2D eigenvalue weighted by Crippen LogP contribution is -1.96. The molecule has 0 aliphatic rings. The molecule has 0 saturated carbocycles. The Balaban J connectivity index is 2.27. The van der Waals surface area contributed by atoms with Crippen LogP contribution in [-0.2, 0) is 6.42 Å². The molecular formula is C12H9BrFN3O. The van der Waals surface area contributed by atoms with Gasteiger partial charge < -0.3 is 4.52 Å². The molecule has 0 spiro atoms. The fraction of sp³-hybridized carbons (Fsp3) is 0.250. The van der Waals surface area contributed by atoms with Crippen LogP contribution in [0.25, 0.3) is 11.4 Å². The molecule has 18 heavy (non-hydrogen) atoms. The Bertz CT molecular complexity index is 585. The average molecular weight is 310 g/mol. The summed E-state index contributed by atoms with van der Waals surface area (Å²) < 4.78 is 18.9. The van der Waals surface area contributed by atoms with E-state index in [-0.39, 0.29) is 11.7 Å². The maximum atomic E-state index is 13.2. The van der Waals surface area contributed by atoms with Gasteiger partial charge in [0.05, 0.1) is 12.0 Å². The van der Waals surface area contributed by atoms with Crippen molar-refractivity contribution in [2.45, 2.75) is 13.3 Å². The minimum absolute atomic E-state index is 0.197. The number of benzene rings is 1. The normalized spacial score (nSPS) is 12.1. The van der Waals surface area contributed by atoms with E-state index >= 15 is 0 Å². The van der Waals surface area contributed by atoms with Gasteiger partial charge in [-0.2, -0.15) is 10.2 Å². The van der Waals surface area contributed by atoms with E-state index in [4.69, 9.17) is 9.78 Å². The lowest BCUT2D eigenvalue weighted by atomic mass is 10.1. The fourth-order valence-electron chi connectivity index (χ4n) is 1.45. The lowest BCUT2D eigenvalue weighted by molar-refractivity contribution is 0.369. The summed E-state index contributed by atoms with van der Waals surface area (Å²) >= 11 is 3.20. The SMILES string of the molecule is CC(C#N)Cc1nc(-c2cc(F)cc(Br)c2)no1. The van der Waals surface area contributed by atoms with Crippen LogP contribution in [0.15, 0.2) is 27.2 Å². The number of rotatable bonds is 3. The summed E-state index contributed by atoms with van der Waals surface area (Å²) in [7, 11) is 0. The summed E-state index contributed by atoms with van der Waals surface area (Å²) in [4.78, 5) is 4.13. The highest BCUT2D eigenvalue weighted by Crippen LogP contribution is 2.22. The molecule has 1 unspecified atom stereocenters. The molecule has 0 aliphatic heterocycles. The van der Waals surface area contributed by atoms with Crippen LogP contribution in [0.2, 0.25) is 0 Å². The first-order valence-corrected chi connectivity index (χ1v) is 6.06. The van der Waals surface area contributed by atoms with E-state index in [1.54, 1.807) is 13.0 Å². The van der Waals surface area contributed by atoms with Crippen LogP contribution in [0.5, 0.6) is 0 Å². The minimum atomic E-state index is -0.379. The zero-order valence-electron chi connectivity index (χ0n) is 9.52. The Kier molecular flexibility index (Phi) is 3.72. The number of halogens is 2. The van der Waals surface area contributed by atoms with Crippen molar-refractivity contribution in [1.82, 2.24) is 10.1 Å². The molecule has 0 radical (unpaired) electrons. The largest absolute Gasteiger partial charge is 0.339 e. The second-order valence-corrected chi connectivity index (χ2v) is 4.82. The summed E-state index contributed by atoms with van der Waals surface area (Å²) in [5.41, 5.74) is 0.529. The molecule has 0 aliphatic carbocycles. The van der Waals surface area contributed by atoms with Crippen LogP contribution in [0, 0.1) is 23.1 Å². The maximum absolute atomic E-state index is 13.2. The summed E-state index contributed by atoms with van der Waals surface area (Å²) in [6.45, 7) is 1.77. The van der Waals surface area contributed by atoms with Crippen molar-refractivity contribution in [3.63, 3.8) is 0 Å². The van der Waals surface area contributed by atoms with Crippen molar-refractivity contribution in [1.29, 1.82) is 5.26 Å². The molecule has 1 heterocycles. The number of aromatic nitrogens is 2. The molecule has 0 fully saturated rings. The van der Waals surface area contributed by atoms with E-state index in [1.807, 2.05) is 0 Å². The highest BCUT2D eigenvalue weighted by atomic mass is 79.9. The third kappa shape index (κ3) is 2.93. The monoisotopic (exact) mass is 309 g/mol. The first-order chi connectivity index (χ1) is 8.58. The van der Waals surface area contributed by atoms with Crippen LogP contribution in [-0.4, -0.2) is 10.1 Å². The first-order valence-electron chi connectivity index (χ1n) is 5.27. The third-order valence-electron chi connectivity index (χ3n) is 2.29. The zero-order valence-corrected chi connectivity index (χ0v) is 11.1. The van der Waals surface area contributed by atoms with Crippen molar-refractivity contribution in [3.8, 4) is 17.5 Å². The van der Waals surface area contributed by atoms with Gasteiger partial charge in [0.15, 0.2) is 0 Å². The van der Waals surface area contributed by atoms with Crippen molar-refractivity contribution >= 4 is 15.9 Å². The highest BCUT2D eigenvalue weighted by molar-refractivity contribution is 9.10. The maximum Gasteiger partial charge on any atom is 0.228 e. The molecule has 92 valence electrons. The second-order valence-electron chi connectivity index (χ2n) is 3.90. The van der Waals surface area contributed by atoms with Crippen molar-refractivity contribution in [2.75, 3.05) is 0 Å². The Labute approximate surface area is 112 Å². The van der Waals surface area contributed by atoms with E-state index in [2.05, 4.69) is 32.1 Å². The molecule has 4 nitrogen and oxygen atoms in total. The number of nitriles is 1. The van der Waals surface area contributed by atoms with Gasteiger partial charge in [-0.3, -0.25) is 0 Å². The van der Waals surface area contributed by atoms with Crippen LogP contribution >= 0.6 is 15.9 Å². The van der Waals surface area contributed by atoms with Gasteiger partial charge in [-0.25, -0.2) is 4.39 Å². The Hall–Kier alpha value is -1.74. The van der Waals surface area contributed by atoms with Gasteiger partial charge in [-0.05, 0) is 25.1 Å². The van der Waals surface area contributed by atoms with Crippen molar-refractivity contribution in [2.24, 2.45) is 5.92 Å². The lowest BCUT2D eigenvalue weighted by Gasteiger charge is -1.96. The van der Waals surface area contributed by atoms with Crippen LogP contribution in [0.3, 0.4) is 0 Å². The first kappa shape index (κ1) is 12.7. The van der Waals surface area contributed by atoms with Crippen molar-refractivity contribution in [3.05, 3.63) is 34.4 Å². The quantitative estimate of drug-likeness (QED) is 0.872. The van der Waals surface area contributed by atoms with E-state index in [9.17, 15) is 4.39 Å². The van der Waals surface area contributed by atoms with E-state index in [0.717, 1.165) is 0 Å². The van der Waals surface area contributed by atoms with E-state index in [1.165, 1.54) is 12.1 Å². The topological polar surface area (TPSA) is 62.7 Å². The van der Waals surface area contributed by atoms with Crippen LogP contribution < -0.4 is 0 Å². The minimum Gasteiger partial charge on any atom is -0.339 e. The molecule has 6 heteroatoms. The second kappa shape index (κ2) is 5.27.